The van der Waals surface area contributed by atoms with E-state index in [1.807, 2.05) is 34.6 Å². The van der Waals surface area contributed by atoms with Crippen molar-refractivity contribution in [1.29, 1.82) is 0 Å². The van der Waals surface area contributed by atoms with Gasteiger partial charge in [0, 0.05) is 13.0 Å². The number of aliphatic hydroxyl groups excluding tert-OH is 1. The first kappa shape index (κ1) is 13.6. The smallest absolute Gasteiger partial charge is 0.449 e. The van der Waals surface area contributed by atoms with Gasteiger partial charge in [0.15, 0.2) is 0 Å². The average molecular weight is 253 g/mol. The first-order valence-electron chi connectivity index (χ1n) is 6.19. The predicted molar refractivity (Wildman–Crippen MR) is 67.7 cm³/mol. The first-order valence-corrected chi connectivity index (χ1v) is 6.19. The van der Waals surface area contributed by atoms with Gasteiger partial charge in [0.1, 0.15) is 5.76 Å². The summed E-state index contributed by atoms with van der Waals surface area (Å²) >= 11 is 0. The van der Waals surface area contributed by atoms with Crippen molar-refractivity contribution in [3.8, 4) is 0 Å². The van der Waals surface area contributed by atoms with Crippen LogP contribution in [0.15, 0.2) is 4.42 Å². The van der Waals surface area contributed by atoms with E-state index < -0.39 is 18.3 Å². The van der Waals surface area contributed by atoms with E-state index in [-0.39, 0.29) is 6.61 Å². The molecule has 1 aromatic heterocycles. The quantitative estimate of drug-likeness (QED) is 0.808. The molecule has 1 N–H and O–H groups in total. The summed E-state index contributed by atoms with van der Waals surface area (Å²) in [6.45, 7) is 9.81. The maximum atomic E-state index is 8.94. The molecule has 0 aliphatic carbocycles. The van der Waals surface area contributed by atoms with Crippen LogP contribution in [0.25, 0.3) is 0 Å². The molecule has 1 saturated heterocycles. The third-order valence-electron chi connectivity index (χ3n) is 3.71. The molecule has 0 amide bonds. The Morgan fingerprint density at radius 2 is 1.72 bits per heavy atom. The second-order valence-electron chi connectivity index (χ2n) is 5.62. The van der Waals surface area contributed by atoms with E-state index in [4.69, 9.17) is 18.8 Å². The number of oxazole rings is 1. The van der Waals surface area contributed by atoms with Crippen molar-refractivity contribution < 1.29 is 18.8 Å². The van der Waals surface area contributed by atoms with Gasteiger partial charge in [-0.05, 0) is 34.6 Å². The second-order valence-corrected chi connectivity index (χ2v) is 5.62. The van der Waals surface area contributed by atoms with E-state index in [0.29, 0.717) is 18.0 Å². The Hall–Kier alpha value is -0.845. The van der Waals surface area contributed by atoms with Crippen molar-refractivity contribution in [2.45, 2.75) is 52.2 Å². The van der Waals surface area contributed by atoms with Crippen molar-refractivity contribution in [3.05, 3.63) is 11.5 Å². The molecule has 0 unspecified atom stereocenters. The van der Waals surface area contributed by atoms with Crippen LogP contribution in [0, 0.1) is 6.92 Å². The van der Waals surface area contributed by atoms with Crippen molar-refractivity contribution in [1.82, 2.24) is 4.98 Å². The van der Waals surface area contributed by atoms with Crippen LogP contribution in [-0.2, 0) is 15.7 Å². The zero-order chi connectivity index (χ0) is 13.6. The summed E-state index contributed by atoms with van der Waals surface area (Å²) in [5.74, 6) is 1.13. The normalized spacial score (nSPS) is 21.6. The van der Waals surface area contributed by atoms with Crippen LogP contribution in [0.1, 0.15) is 39.1 Å². The highest BCUT2D eigenvalue weighted by Gasteiger charge is 2.54. The molecule has 1 aliphatic heterocycles. The topological polar surface area (TPSA) is 64.7 Å². The lowest BCUT2D eigenvalue weighted by atomic mass is 9.90. The van der Waals surface area contributed by atoms with Crippen LogP contribution >= 0.6 is 0 Å². The maximum Gasteiger partial charge on any atom is 0.554 e. The highest BCUT2D eigenvalue weighted by atomic mass is 16.7. The monoisotopic (exact) mass is 253 g/mol. The maximum absolute atomic E-state index is 8.94. The second kappa shape index (κ2) is 4.37. The zero-order valence-electron chi connectivity index (χ0n) is 11.6. The van der Waals surface area contributed by atoms with Crippen LogP contribution in [0.5, 0.6) is 0 Å². The first-order chi connectivity index (χ1) is 8.27. The fourth-order valence-corrected chi connectivity index (χ4v) is 1.83. The van der Waals surface area contributed by atoms with Crippen LogP contribution in [0.4, 0.5) is 0 Å². The van der Waals surface area contributed by atoms with Gasteiger partial charge in [-0.1, -0.05) is 0 Å². The average Bonchev–Trinajstić information content (AvgIpc) is 2.68. The summed E-state index contributed by atoms with van der Waals surface area (Å²) in [5.41, 5.74) is -0.0591. The molecular weight excluding hydrogens is 233 g/mol. The molecule has 0 spiro atoms. The molecule has 0 radical (unpaired) electrons. The third-order valence-corrected chi connectivity index (χ3v) is 3.71. The molecule has 100 valence electrons. The van der Waals surface area contributed by atoms with Gasteiger partial charge < -0.3 is 18.8 Å². The minimum atomic E-state index is -0.582. The van der Waals surface area contributed by atoms with Crippen molar-refractivity contribution in [2.24, 2.45) is 0 Å². The summed E-state index contributed by atoms with van der Waals surface area (Å²) in [6.07, 6.45) is 0.481. The molecule has 0 atom stereocenters. The molecule has 6 heteroatoms. The van der Waals surface area contributed by atoms with Crippen LogP contribution in [0.2, 0.25) is 0 Å². The predicted octanol–water partition coefficient (Wildman–Crippen LogP) is 0.817. The molecule has 1 aromatic rings. The fourth-order valence-electron chi connectivity index (χ4n) is 1.83. The van der Waals surface area contributed by atoms with Crippen molar-refractivity contribution >= 4 is 12.9 Å². The van der Waals surface area contributed by atoms with E-state index >= 15 is 0 Å². The highest BCUT2D eigenvalue weighted by Crippen LogP contribution is 2.36. The number of hydrogen-bond acceptors (Lipinski definition) is 5. The molecule has 0 aromatic carbocycles. The molecular formula is C12H20BNO4. The van der Waals surface area contributed by atoms with Gasteiger partial charge in [0.2, 0.25) is 5.79 Å². The van der Waals surface area contributed by atoms with Crippen molar-refractivity contribution in [2.75, 3.05) is 6.61 Å². The zero-order valence-corrected chi connectivity index (χ0v) is 11.6. The summed E-state index contributed by atoms with van der Waals surface area (Å²) in [6, 6.07) is 0. The minimum Gasteiger partial charge on any atom is -0.449 e. The lowest BCUT2D eigenvalue weighted by Gasteiger charge is -2.32. The van der Waals surface area contributed by atoms with Gasteiger partial charge in [-0.15, -0.1) is 0 Å². The molecule has 2 rings (SSSR count). The Labute approximate surface area is 108 Å². The van der Waals surface area contributed by atoms with E-state index in [1.54, 1.807) is 0 Å². The van der Waals surface area contributed by atoms with Gasteiger partial charge in [-0.2, -0.15) is 0 Å². The minimum absolute atomic E-state index is 0.0518. The van der Waals surface area contributed by atoms with E-state index in [9.17, 15) is 0 Å². The summed E-state index contributed by atoms with van der Waals surface area (Å²) in [4.78, 5) is 4.34. The van der Waals surface area contributed by atoms with Gasteiger partial charge >= 0.3 is 7.12 Å². The number of nitrogens with zero attached hydrogens (tertiary/aromatic N) is 1. The number of aryl methyl sites for hydroxylation is 1. The number of aromatic nitrogens is 1. The number of rotatable bonds is 3. The van der Waals surface area contributed by atoms with Gasteiger partial charge in [0.25, 0.3) is 0 Å². The number of aliphatic hydroxyl groups is 1. The molecule has 1 fully saturated rings. The van der Waals surface area contributed by atoms with E-state index in [2.05, 4.69) is 4.98 Å². The summed E-state index contributed by atoms with van der Waals surface area (Å²) in [7, 11) is -0.582. The molecule has 2 heterocycles. The Kier molecular flexibility index (Phi) is 3.29. The van der Waals surface area contributed by atoms with Crippen LogP contribution in [0.3, 0.4) is 0 Å². The van der Waals surface area contributed by atoms with E-state index in [0.717, 1.165) is 5.69 Å². The molecule has 5 nitrogen and oxygen atoms in total. The van der Waals surface area contributed by atoms with Crippen LogP contribution in [-0.4, -0.2) is 35.0 Å². The Morgan fingerprint density at radius 1 is 1.17 bits per heavy atom. The Balaban J connectivity index is 2.22. The fraction of sp³-hybridized carbons (Fsp3) is 0.750. The summed E-state index contributed by atoms with van der Waals surface area (Å²) in [5, 5.41) is 8.94. The van der Waals surface area contributed by atoms with Crippen molar-refractivity contribution in [3.63, 3.8) is 0 Å². The molecule has 0 saturated carbocycles. The molecule has 18 heavy (non-hydrogen) atoms. The molecule has 0 bridgehead atoms. The largest absolute Gasteiger partial charge is 0.554 e. The summed E-state index contributed by atoms with van der Waals surface area (Å²) < 4.78 is 17.3. The highest BCUT2D eigenvalue weighted by molar-refractivity contribution is 6.59. The Bertz CT molecular complexity index is 425. The third kappa shape index (κ3) is 2.20. The lowest BCUT2D eigenvalue weighted by molar-refractivity contribution is 0.00578. The standard InChI is InChI=1S/C12H20BNO4/c1-8-9(6-7-15)14-10(16-8)13-17-11(2,3)12(4,5)18-13/h15H,6-7H2,1-5H3. The van der Waals surface area contributed by atoms with Gasteiger partial charge in [-0.25, -0.2) is 4.98 Å². The van der Waals surface area contributed by atoms with E-state index in [1.165, 1.54) is 0 Å². The van der Waals surface area contributed by atoms with Gasteiger partial charge in [0.05, 0.1) is 16.9 Å². The van der Waals surface area contributed by atoms with Gasteiger partial charge in [-0.3, -0.25) is 0 Å². The lowest BCUT2D eigenvalue weighted by Crippen LogP contribution is -2.41. The Morgan fingerprint density at radius 3 is 2.22 bits per heavy atom. The number of hydrogen-bond donors (Lipinski definition) is 1. The molecule has 1 aliphatic rings. The van der Waals surface area contributed by atoms with Crippen LogP contribution < -0.4 is 5.79 Å². The SMILES string of the molecule is Cc1oc(B2OC(C)(C)C(C)(C)O2)nc1CCO.